The van der Waals surface area contributed by atoms with Crippen LogP contribution < -0.4 is 10.6 Å². The van der Waals surface area contributed by atoms with Crippen molar-refractivity contribution in [3.05, 3.63) is 75.8 Å². The number of benzene rings is 2. The number of aromatic nitrogens is 1. The standard InChI is InChI=1S/C20H17F2N3O2S/c1-11-3-5-14(9-18(11)24-12(2)26)19(27)25-20-23-10-15(28-20)7-13-4-6-16(21)17(22)8-13/h3-6,8-10H,7H2,1-2H3,(H,24,26)(H,23,25,27). The van der Waals surface area contributed by atoms with Crippen molar-refractivity contribution in [2.45, 2.75) is 20.3 Å². The third-order valence-electron chi connectivity index (χ3n) is 3.95. The molecule has 0 spiro atoms. The summed E-state index contributed by atoms with van der Waals surface area (Å²) in [5.41, 5.74) is 2.40. The highest BCUT2D eigenvalue weighted by Crippen LogP contribution is 2.23. The van der Waals surface area contributed by atoms with E-state index in [9.17, 15) is 18.4 Å². The molecule has 0 aliphatic heterocycles. The normalized spacial score (nSPS) is 10.6. The Balaban J connectivity index is 1.70. The van der Waals surface area contributed by atoms with Gasteiger partial charge in [-0.1, -0.05) is 12.1 Å². The first-order valence-corrected chi connectivity index (χ1v) is 9.21. The monoisotopic (exact) mass is 401 g/mol. The highest BCUT2D eigenvalue weighted by Gasteiger charge is 2.12. The number of hydrogen-bond acceptors (Lipinski definition) is 4. The van der Waals surface area contributed by atoms with Gasteiger partial charge in [-0.25, -0.2) is 13.8 Å². The zero-order valence-corrected chi connectivity index (χ0v) is 16.0. The van der Waals surface area contributed by atoms with Crippen LogP contribution in [0.25, 0.3) is 0 Å². The van der Waals surface area contributed by atoms with Crippen LogP contribution >= 0.6 is 11.3 Å². The van der Waals surface area contributed by atoms with Crippen molar-refractivity contribution in [2.24, 2.45) is 0 Å². The van der Waals surface area contributed by atoms with Crippen molar-refractivity contribution in [2.75, 3.05) is 10.6 Å². The Morgan fingerprint density at radius 3 is 2.57 bits per heavy atom. The van der Waals surface area contributed by atoms with Gasteiger partial charge >= 0.3 is 0 Å². The van der Waals surface area contributed by atoms with Gasteiger partial charge in [-0.05, 0) is 42.3 Å². The zero-order valence-electron chi connectivity index (χ0n) is 15.2. The lowest BCUT2D eigenvalue weighted by molar-refractivity contribution is -0.114. The maximum Gasteiger partial charge on any atom is 0.257 e. The van der Waals surface area contributed by atoms with E-state index < -0.39 is 11.6 Å². The average Bonchev–Trinajstić information content (AvgIpc) is 3.06. The number of nitrogens with zero attached hydrogens (tertiary/aromatic N) is 1. The van der Waals surface area contributed by atoms with Crippen LogP contribution in [0.5, 0.6) is 0 Å². The highest BCUT2D eigenvalue weighted by molar-refractivity contribution is 7.15. The third kappa shape index (κ3) is 4.77. The summed E-state index contributed by atoms with van der Waals surface area (Å²) in [7, 11) is 0. The van der Waals surface area contributed by atoms with Crippen LogP contribution in [0.2, 0.25) is 0 Å². The van der Waals surface area contributed by atoms with E-state index in [1.807, 2.05) is 6.92 Å². The SMILES string of the molecule is CC(=O)Nc1cc(C(=O)Nc2ncc(Cc3ccc(F)c(F)c3)s2)ccc1C. The molecule has 1 heterocycles. The van der Waals surface area contributed by atoms with Gasteiger partial charge in [-0.15, -0.1) is 11.3 Å². The van der Waals surface area contributed by atoms with Crippen molar-refractivity contribution in [1.29, 1.82) is 0 Å². The van der Waals surface area contributed by atoms with E-state index in [0.29, 0.717) is 28.4 Å². The lowest BCUT2D eigenvalue weighted by Gasteiger charge is -2.09. The van der Waals surface area contributed by atoms with Gasteiger partial charge < -0.3 is 5.32 Å². The molecule has 0 bridgehead atoms. The summed E-state index contributed by atoms with van der Waals surface area (Å²) in [4.78, 5) is 28.7. The molecule has 3 rings (SSSR count). The smallest absolute Gasteiger partial charge is 0.257 e. The molecule has 3 aromatic rings. The van der Waals surface area contributed by atoms with Crippen molar-refractivity contribution in [3.8, 4) is 0 Å². The number of halogens is 2. The molecule has 0 unspecified atom stereocenters. The first kappa shape index (κ1) is 19.6. The van der Waals surface area contributed by atoms with Crippen molar-refractivity contribution in [3.63, 3.8) is 0 Å². The van der Waals surface area contributed by atoms with E-state index in [1.54, 1.807) is 24.4 Å². The second kappa shape index (κ2) is 8.26. The summed E-state index contributed by atoms with van der Waals surface area (Å²) in [6.07, 6.45) is 1.96. The molecule has 144 valence electrons. The van der Waals surface area contributed by atoms with Crippen LogP contribution in [0, 0.1) is 18.6 Å². The Morgan fingerprint density at radius 1 is 1.07 bits per heavy atom. The fraction of sp³-hybridized carbons (Fsp3) is 0.150. The predicted octanol–water partition coefficient (Wildman–Crippen LogP) is 4.53. The first-order chi connectivity index (χ1) is 13.3. The molecule has 1 aromatic heterocycles. The molecule has 2 aromatic carbocycles. The van der Waals surface area contributed by atoms with Crippen LogP contribution in [-0.2, 0) is 11.2 Å². The van der Waals surface area contributed by atoms with Crippen LogP contribution in [0.1, 0.15) is 33.3 Å². The Labute approximate surface area is 164 Å². The largest absolute Gasteiger partial charge is 0.326 e. The van der Waals surface area contributed by atoms with Gasteiger partial charge in [0.1, 0.15) is 0 Å². The minimum absolute atomic E-state index is 0.220. The quantitative estimate of drug-likeness (QED) is 0.660. The molecule has 2 amide bonds. The van der Waals surface area contributed by atoms with Crippen molar-refractivity contribution < 1.29 is 18.4 Å². The molecule has 8 heteroatoms. The fourth-order valence-corrected chi connectivity index (χ4v) is 3.40. The molecule has 0 aliphatic rings. The van der Waals surface area contributed by atoms with E-state index in [2.05, 4.69) is 15.6 Å². The maximum absolute atomic E-state index is 13.3. The Morgan fingerprint density at radius 2 is 1.86 bits per heavy atom. The predicted molar refractivity (Wildman–Crippen MR) is 105 cm³/mol. The number of anilines is 2. The minimum atomic E-state index is -0.898. The van der Waals surface area contributed by atoms with Gasteiger partial charge in [-0.2, -0.15) is 0 Å². The average molecular weight is 401 g/mol. The van der Waals surface area contributed by atoms with Gasteiger partial charge in [0.05, 0.1) is 0 Å². The number of carbonyl (C=O) groups is 2. The number of rotatable bonds is 5. The second-order valence-corrected chi connectivity index (χ2v) is 7.34. The number of amides is 2. The minimum Gasteiger partial charge on any atom is -0.326 e. The first-order valence-electron chi connectivity index (χ1n) is 8.40. The number of nitrogens with one attached hydrogen (secondary N) is 2. The van der Waals surface area contributed by atoms with Crippen LogP contribution in [-0.4, -0.2) is 16.8 Å². The van der Waals surface area contributed by atoms with Crippen LogP contribution in [0.3, 0.4) is 0 Å². The van der Waals surface area contributed by atoms with Gasteiger partial charge in [0.2, 0.25) is 5.91 Å². The Kier molecular flexibility index (Phi) is 5.79. The summed E-state index contributed by atoms with van der Waals surface area (Å²) in [5, 5.41) is 5.78. The number of thiazole rings is 1. The molecule has 0 radical (unpaired) electrons. The topological polar surface area (TPSA) is 71.1 Å². The molecule has 0 fully saturated rings. The van der Waals surface area contributed by atoms with Gasteiger partial charge in [0.25, 0.3) is 5.91 Å². The third-order valence-corrected chi connectivity index (χ3v) is 4.86. The Bertz CT molecular complexity index is 1050. The number of aryl methyl sites for hydroxylation is 1. The van der Waals surface area contributed by atoms with Crippen molar-refractivity contribution in [1.82, 2.24) is 4.98 Å². The lowest BCUT2D eigenvalue weighted by Crippen LogP contribution is -2.13. The molecule has 28 heavy (non-hydrogen) atoms. The highest BCUT2D eigenvalue weighted by atomic mass is 32.1. The van der Waals surface area contributed by atoms with Crippen LogP contribution in [0.15, 0.2) is 42.6 Å². The van der Waals surface area contributed by atoms with Gasteiger partial charge in [0.15, 0.2) is 16.8 Å². The molecule has 0 saturated carbocycles. The Hall–Kier alpha value is -3.13. The summed E-state index contributed by atoms with van der Waals surface area (Å²) in [6, 6.07) is 8.73. The van der Waals surface area contributed by atoms with Gasteiger partial charge in [-0.3, -0.25) is 14.9 Å². The van der Waals surface area contributed by atoms with E-state index in [1.165, 1.54) is 24.3 Å². The zero-order chi connectivity index (χ0) is 20.3. The molecule has 0 aliphatic carbocycles. The molecular formula is C20H17F2N3O2S. The van der Waals surface area contributed by atoms with E-state index in [0.717, 1.165) is 22.6 Å². The molecule has 0 saturated heterocycles. The molecule has 5 nitrogen and oxygen atoms in total. The van der Waals surface area contributed by atoms with E-state index in [-0.39, 0.29) is 11.8 Å². The summed E-state index contributed by atoms with van der Waals surface area (Å²) in [6.45, 7) is 3.23. The van der Waals surface area contributed by atoms with E-state index >= 15 is 0 Å². The molecule has 2 N–H and O–H groups in total. The maximum atomic E-state index is 13.3. The van der Waals surface area contributed by atoms with E-state index in [4.69, 9.17) is 0 Å². The summed E-state index contributed by atoms with van der Waals surface area (Å²) in [5.74, 6) is -2.37. The van der Waals surface area contributed by atoms with Crippen molar-refractivity contribution >= 4 is 34.0 Å². The fourth-order valence-electron chi connectivity index (χ4n) is 2.55. The molecule has 0 atom stereocenters. The van der Waals surface area contributed by atoms with Gasteiger partial charge in [0, 0.05) is 35.7 Å². The number of hydrogen-bond donors (Lipinski definition) is 2. The summed E-state index contributed by atoms with van der Waals surface area (Å²) < 4.78 is 26.3. The van der Waals surface area contributed by atoms with Crippen LogP contribution in [0.4, 0.5) is 19.6 Å². The second-order valence-electron chi connectivity index (χ2n) is 6.22. The molecular weight excluding hydrogens is 384 g/mol. The summed E-state index contributed by atoms with van der Waals surface area (Å²) >= 11 is 1.25. The lowest BCUT2D eigenvalue weighted by atomic mass is 10.1. The number of carbonyl (C=O) groups excluding carboxylic acids is 2.